The van der Waals surface area contributed by atoms with Crippen molar-refractivity contribution in [1.29, 1.82) is 0 Å². The highest BCUT2D eigenvalue weighted by molar-refractivity contribution is 7.89. The van der Waals surface area contributed by atoms with Gasteiger partial charge < -0.3 is 19.5 Å². The van der Waals surface area contributed by atoms with Crippen LogP contribution < -0.4 is 10.2 Å². The van der Waals surface area contributed by atoms with Gasteiger partial charge in [0.05, 0.1) is 19.3 Å². The minimum absolute atomic E-state index is 0.171. The number of hydrogen-bond donors (Lipinski definition) is 1. The van der Waals surface area contributed by atoms with E-state index in [1.165, 1.54) is 16.6 Å². The van der Waals surface area contributed by atoms with E-state index in [1.54, 1.807) is 11.6 Å². The molecule has 0 saturated carbocycles. The lowest BCUT2D eigenvalue weighted by Crippen LogP contribution is -2.36. The predicted octanol–water partition coefficient (Wildman–Crippen LogP) is 2.14. The van der Waals surface area contributed by atoms with Gasteiger partial charge in [0.2, 0.25) is 10.0 Å². The van der Waals surface area contributed by atoms with Crippen LogP contribution in [0.15, 0.2) is 41.4 Å². The number of rotatable bonds is 6. The first-order valence-corrected chi connectivity index (χ1v) is 12.2. The molecule has 0 radical (unpaired) electrons. The number of benzene rings is 1. The average molecular weight is 447 g/mol. The molecule has 1 N–H and O–H groups in total. The number of nitrogens with zero attached hydrogens (tertiary/aromatic N) is 3. The second-order valence-electron chi connectivity index (χ2n) is 8.17. The van der Waals surface area contributed by atoms with Crippen LogP contribution in [0.25, 0.3) is 0 Å². The molecule has 168 valence electrons. The fraction of sp³-hybridized carbons (Fsp3) is 0.500. The minimum Gasteiger partial charge on any atom is -0.378 e. The van der Waals surface area contributed by atoms with Crippen molar-refractivity contribution in [3.8, 4) is 0 Å². The summed E-state index contributed by atoms with van der Waals surface area (Å²) in [5.41, 5.74) is 2.46. The Morgan fingerprint density at radius 1 is 1.06 bits per heavy atom. The zero-order chi connectivity index (χ0) is 22.0. The van der Waals surface area contributed by atoms with Crippen molar-refractivity contribution in [3.63, 3.8) is 0 Å². The van der Waals surface area contributed by atoms with Crippen LogP contribution in [0.1, 0.15) is 41.9 Å². The maximum absolute atomic E-state index is 12.9. The third kappa shape index (κ3) is 4.63. The lowest BCUT2D eigenvalue weighted by Gasteiger charge is -2.29. The summed E-state index contributed by atoms with van der Waals surface area (Å²) in [7, 11) is -1.86. The Balaban J connectivity index is 1.43. The van der Waals surface area contributed by atoms with E-state index in [0.29, 0.717) is 18.8 Å². The highest BCUT2D eigenvalue weighted by Crippen LogP contribution is 2.24. The van der Waals surface area contributed by atoms with Gasteiger partial charge >= 0.3 is 0 Å². The standard InChI is InChI=1S/C22H30N4O4S/c1-17(18-5-7-19(8-6-18)25-11-13-30-14-12-25)23-22(27)21-15-20(16-24(21)2)31(28,29)26-9-3-4-10-26/h5-8,15-17H,3-4,9-14H2,1-2H3,(H,23,27). The fourth-order valence-corrected chi connectivity index (χ4v) is 5.72. The second-order valence-corrected chi connectivity index (χ2v) is 10.1. The van der Waals surface area contributed by atoms with E-state index >= 15 is 0 Å². The number of aryl methyl sites for hydroxylation is 1. The molecule has 2 aliphatic rings. The van der Waals surface area contributed by atoms with Crippen LogP contribution in [0.2, 0.25) is 0 Å². The number of hydrogen-bond acceptors (Lipinski definition) is 5. The monoisotopic (exact) mass is 446 g/mol. The summed E-state index contributed by atoms with van der Waals surface area (Å²) in [6, 6.07) is 9.42. The van der Waals surface area contributed by atoms with Gasteiger partial charge in [0, 0.05) is 45.1 Å². The van der Waals surface area contributed by atoms with Crippen LogP contribution in [0.3, 0.4) is 0 Å². The lowest BCUT2D eigenvalue weighted by molar-refractivity contribution is 0.0931. The number of morpholine rings is 1. The summed E-state index contributed by atoms with van der Waals surface area (Å²) in [6.45, 7) is 6.23. The van der Waals surface area contributed by atoms with Crippen molar-refractivity contribution in [1.82, 2.24) is 14.2 Å². The van der Waals surface area contributed by atoms with Crippen molar-refractivity contribution in [3.05, 3.63) is 47.8 Å². The van der Waals surface area contributed by atoms with Crippen molar-refractivity contribution >= 4 is 21.6 Å². The van der Waals surface area contributed by atoms with Crippen LogP contribution in [-0.2, 0) is 21.8 Å². The molecule has 2 aliphatic heterocycles. The molecule has 2 aromatic rings. The third-order valence-electron chi connectivity index (χ3n) is 6.03. The van der Waals surface area contributed by atoms with Crippen LogP contribution in [0, 0.1) is 0 Å². The molecular formula is C22H30N4O4S. The summed E-state index contributed by atoms with van der Waals surface area (Å²) < 4.78 is 34.1. The first-order valence-electron chi connectivity index (χ1n) is 10.8. The molecular weight excluding hydrogens is 416 g/mol. The van der Waals surface area contributed by atoms with E-state index in [-0.39, 0.29) is 16.8 Å². The van der Waals surface area contributed by atoms with E-state index in [4.69, 9.17) is 4.74 Å². The van der Waals surface area contributed by atoms with Crippen molar-refractivity contribution in [2.24, 2.45) is 7.05 Å². The van der Waals surface area contributed by atoms with Crippen LogP contribution >= 0.6 is 0 Å². The molecule has 2 saturated heterocycles. The number of aromatic nitrogens is 1. The predicted molar refractivity (Wildman–Crippen MR) is 119 cm³/mol. The van der Waals surface area contributed by atoms with Gasteiger partial charge in [-0.25, -0.2) is 8.42 Å². The Morgan fingerprint density at radius 3 is 2.35 bits per heavy atom. The molecule has 0 bridgehead atoms. The maximum atomic E-state index is 12.9. The molecule has 0 spiro atoms. The first-order chi connectivity index (χ1) is 14.9. The van der Waals surface area contributed by atoms with E-state index in [2.05, 4.69) is 22.3 Å². The average Bonchev–Trinajstić information content (AvgIpc) is 3.45. The molecule has 3 heterocycles. The van der Waals surface area contributed by atoms with Crippen molar-refractivity contribution in [2.75, 3.05) is 44.3 Å². The van der Waals surface area contributed by atoms with Crippen LogP contribution in [0.5, 0.6) is 0 Å². The summed E-state index contributed by atoms with van der Waals surface area (Å²) >= 11 is 0. The van der Waals surface area contributed by atoms with Gasteiger partial charge in [0.1, 0.15) is 10.6 Å². The third-order valence-corrected chi connectivity index (χ3v) is 7.90. The quantitative estimate of drug-likeness (QED) is 0.735. The summed E-state index contributed by atoms with van der Waals surface area (Å²) in [5, 5.41) is 2.98. The van der Waals surface area contributed by atoms with Crippen molar-refractivity contribution < 1.29 is 17.9 Å². The topological polar surface area (TPSA) is 83.9 Å². The number of ether oxygens (including phenoxy) is 1. The van der Waals surface area contributed by atoms with E-state index < -0.39 is 10.0 Å². The Hall–Kier alpha value is -2.36. The molecule has 8 nitrogen and oxygen atoms in total. The Labute approximate surface area is 183 Å². The highest BCUT2D eigenvalue weighted by Gasteiger charge is 2.29. The fourth-order valence-electron chi connectivity index (χ4n) is 4.13. The maximum Gasteiger partial charge on any atom is 0.268 e. The second kappa shape index (κ2) is 9.02. The highest BCUT2D eigenvalue weighted by atomic mass is 32.2. The number of amides is 1. The molecule has 9 heteroatoms. The largest absolute Gasteiger partial charge is 0.378 e. The number of carbonyl (C=O) groups excluding carboxylic acids is 1. The Morgan fingerprint density at radius 2 is 1.71 bits per heavy atom. The first kappa shape index (κ1) is 21.9. The Bertz CT molecular complexity index is 1020. The van der Waals surface area contributed by atoms with Gasteiger partial charge in [-0.15, -0.1) is 0 Å². The summed E-state index contributed by atoms with van der Waals surface area (Å²) in [5.74, 6) is -0.296. The number of anilines is 1. The Kier molecular flexibility index (Phi) is 6.36. The number of sulfonamides is 1. The zero-order valence-electron chi connectivity index (χ0n) is 18.1. The van der Waals surface area contributed by atoms with Gasteiger partial charge in [-0.1, -0.05) is 12.1 Å². The molecule has 1 aromatic heterocycles. The van der Waals surface area contributed by atoms with E-state index in [9.17, 15) is 13.2 Å². The smallest absolute Gasteiger partial charge is 0.268 e. The van der Waals surface area contributed by atoms with E-state index in [0.717, 1.165) is 50.4 Å². The summed E-state index contributed by atoms with van der Waals surface area (Å²) in [4.78, 5) is 15.3. The van der Waals surface area contributed by atoms with Gasteiger partial charge in [-0.3, -0.25) is 4.79 Å². The van der Waals surface area contributed by atoms with Gasteiger partial charge in [-0.05, 0) is 43.5 Å². The number of nitrogens with one attached hydrogen (secondary N) is 1. The SMILES string of the molecule is CC(NC(=O)c1cc(S(=O)(=O)N2CCCC2)cn1C)c1ccc(N2CCOCC2)cc1. The van der Waals surface area contributed by atoms with Gasteiger partial charge in [0.15, 0.2) is 0 Å². The van der Waals surface area contributed by atoms with Crippen molar-refractivity contribution in [2.45, 2.75) is 30.7 Å². The minimum atomic E-state index is -3.55. The molecule has 4 rings (SSSR count). The summed E-state index contributed by atoms with van der Waals surface area (Å²) in [6.07, 6.45) is 3.27. The molecule has 2 fully saturated rings. The van der Waals surface area contributed by atoms with E-state index in [1.807, 2.05) is 19.1 Å². The zero-order valence-corrected chi connectivity index (χ0v) is 18.9. The lowest BCUT2D eigenvalue weighted by atomic mass is 10.1. The van der Waals surface area contributed by atoms with Crippen LogP contribution in [0.4, 0.5) is 5.69 Å². The normalized spacial score (nSPS) is 18.8. The molecule has 0 aliphatic carbocycles. The molecule has 1 aromatic carbocycles. The van der Waals surface area contributed by atoms with Crippen LogP contribution in [-0.4, -0.2) is 62.6 Å². The van der Waals surface area contributed by atoms with Gasteiger partial charge in [-0.2, -0.15) is 4.31 Å². The molecule has 31 heavy (non-hydrogen) atoms. The molecule has 1 amide bonds. The van der Waals surface area contributed by atoms with Gasteiger partial charge in [0.25, 0.3) is 5.91 Å². The number of carbonyl (C=O) groups is 1. The molecule has 1 unspecified atom stereocenters. The molecule has 1 atom stereocenters.